The Labute approximate surface area is 174 Å². The zero-order valence-electron chi connectivity index (χ0n) is 15.9. The lowest BCUT2D eigenvalue weighted by molar-refractivity contribution is -0.0909. The predicted octanol–water partition coefficient (Wildman–Crippen LogP) is 3.26. The molecule has 0 aromatic carbocycles. The number of nitrogens with one attached hydrogen (secondary N) is 3. The minimum absolute atomic E-state index is 0.0989. The minimum atomic E-state index is -4.48. The molecule has 0 amide bonds. The van der Waals surface area contributed by atoms with Gasteiger partial charge in [-0.15, -0.1) is 0 Å². The van der Waals surface area contributed by atoms with E-state index in [1.807, 2.05) is 6.07 Å². The number of halogens is 3. The molecular weight excluding hydrogens is 411 g/mol. The van der Waals surface area contributed by atoms with Crippen molar-refractivity contribution in [3.63, 3.8) is 0 Å². The van der Waals surface area contributed by atoms with Crippen LogP contribution in [-0.2, 0) is 0 Å². The quantitative estimate of drug-likeness (QED) is 0.493. The third-order valence-electron chi connectivity index (χ3n) is 4.80. The Hall–Kier alpha value is -3.91. The topological polar surface area (TPSA) is 123 Å². The summed E-state index contributed by atoms with van der Waals surface area (Å²) in [5, 5.41) is 24.9. The Morgan fingerprint density at radius 1 is 1.32 bits per heavy atom. The maximum absolute atomic E-state index is 13.2. The van der Waals surface area contributed by atoms with Crippen LogP contribution < -0.4 is 10.6 Å². The molecule has 0 aliphatic carbocycles. The Balaban J connectivity index is 1.74. The molecule has 3 aromatic rings. The molecule has 1 unspecified atom stereocenters. The third-order valence-corrected chi connectivity index (χ3v) is 4.80. The van der Waals surface area contributed by atoms with Gasteiger partial charge in [-0.05, 0) is 17.7 Å². The smallest absolute Gasteiger partial charge is 0.394 e. The van der Waals surface area contributed by atoms with Crippen LogP contribution in [0.25, 0.3) is 17.3 Å². The zero-order chi connectivity index (χ0) is 22.0. The first-order valence-corrected chi connectivity index (χ1v) is 9.18. The van der Waals surface area contributed by atoms with Gasteiger partial charge in [0, 0.05) is 36.3 Å². The van der Waals surface area contributed by atoms with Crippen molar-refractivity contribution in [2.45, 2.75) is 12.2 Å². The van der Waals surface area contributed by atoms with E-state index in [2.05, 4.69) is 30.6 Å². The second-order valence-corrected chi connectivity index (χ2v) is 6.75. The highest BCUT2D eigenvalue weighted by Gasteiger charge is 2.36. The van der Waals surface area contributed by atoms with E-state index in [0.717, 1.165) is 6.08 Å². The van der Waals surface area contributed by atoms with Crippen molar-refractivity contribution in [3.8, 4) is 17.3 Å². The van der Waals surface area contributed by atoms with Gasteiger partial charge in [0.05, 0.1) is 35.7 Å². The highest BCUT2D eigenvalue weighted by Crippen LogP contribution is 2.38. The van der Waals surface area contributed by atoms with Crippen LogP contribution in [0.1, 0.15) is 22.7 Å². The number of anilines is 2. The first-order chi connectivity index (χ1) is 14.9. The molecule has 1 atom stereocenters. The van der Waals surface area contributed by atoms with Gasteiger partial charge in [0.2, 0.25) is 5.95 Å². The molecule has 0 bridgehead atoms. The van der Waals surface area contributed by atoms with Gasteiger partial charge in [0.15, 0.2) is 0 Å². The van der Waals surface area contributed by atoms with Crippen LogP contribution >= 0.6 is 0 Å². The number of aromatic amines is 1. The first kappa shape index (κ1) is 20.4. The van der Waals surface area contributed by atoms with Crippen molar-refractivity contribution in [2.75, 3.05) is 23.8 Å². The summed E-state index contributed by atoms with van der Waals surface area (Å²) in [7, 11) is 0. The number of aliphatic hydroxyl groups excluding tert-OH is 1. The Morgan fingerprint density at radius 3 is 2.84 bits per heavy atom. The number of rotatable bonds is 5. The average molecular weight is 427 g/mol. The summed E-state index contributed by atoms with van der Waals surface area (Å²) in [6.45, 7) is -0.632. The molecule has 0 fully saturated rings. The van der Waals surface area contributed by atoms with Crippen molar-refractivity contribution >= 4 is 17.8 Å². The summed E-state index contributed by atoms with van der Waals surface area (Å²) in [6, 6.07) is 4.89. The number of alkyl halides is 3. The normalized spacial score (nSPS) is 14.1. The number of pyridine rings is 1. The van der Waals surface area contributed by atoms with E-state index >= 15 is 0 Å². The predicted molar refractivity (Wildman–Crippen MR) is 107 cm³/mol. The molecule has 0 saturated heterocycles. The highest BCUT2D eigenvalue weighted by atomic mass is 19.4. The summed E-state index contributed by atoms with van der Waals surface area (Å²) in [6.07, 6.45) is 2.52. The van der Waals surface area contributed by atoms with Gasteiger partial charge in [0.1, 0.15) is 11.9 Å². The Morgan fingerprint density at radius 2 is 2.16 bits per heavy atom. The van der Waals surface area contributed by atoms with Gasteiger partial charge >= 0.3 is 6.18 Å². The highest BCUT2D eigenvalue weighted by molar-refractivity contribution is 5.85. The molecule has 0 saturated carbocycles. The fourth-order valence-electron chi connectivity index (χ4n) is 3.23. The van der Waals surface area contributed by atoms with Gasteiger partial charge < -0.3 is 20.7 Å². The van der Waals surface area contributed by atoms with Gasteiger partial charge in [-0.1, -0.05) is 6.07 Å². The Kier molecular flexibility index (Phi) is 5.31. The molecule has 31 heavy (non-hydrogen) atoms. The van der Waals surface area contributed by atoms with Crippen LogP contribution in [0.5, 0.6) is 0 Å². The number of nitriles is 1. The van der Waals surface area contributed by atoms with Crippen molar-refractivity contribution in [1.82, 2.24) is 19.9 Å². The van der Waals surface area contributed by atoms with E-state index in [-0.39, 0.29) is 35.9 Å². The number of H-pyrrole nitrogens is 1. The second-order valence-electron chi connectivity index (χ2n) is 6.75. The summed E-state index contributed by atoms with van der Waals surface area (Å²) in [4.78, 5) is 15.4. The molecule has 0 spiro atoms. The fraction of sp³-hybridized carbons (Fsp3) is 0.200. The zero-order valence-corrected chi connectivity index (χ0v) is 15.9. The number of fused-ring (bicyclic) bond motifs is 1. The second kappa shape index (κ2) is 8.08. The van der Waals surface area contributed by atoms with Crippen LogP contribution in [0.15, 0.2) is 42.5 Å². The number of aliphatic hydroxyl groups is 1. The molecule has 4 rings (SSSR count). The molecule has 1 aliphatic rings. The van der Waals surface area contributed by atoms with Gasteiger partial charge in [-0.3, -0.25) is 4.98 Å². The maximum atomic E-state index is 13.2. The van der Waals surface area contributed by atoms with E-state index in [4.69, 9.17) is 0 Å². The molecule has 158 valence electrons. The first-order valence-electron chi connectivity index (χ1n) is 9.18. The van der Waals surface area contributed by atoms with Crippen LogP contribution in [0.3, 0.4) is 0 Å². The van der Waals surface area contributed by atoms with E-state index in [9.17, 15) is 23.5 Å². The molecule has 4 N–H and O–H groups in total. The number of hydrogen-bond acceptors (Lipinski definition) is 7. The van der Waals surface area contributed by atoms with Crippen LogP contribution in [-0.4, -0.2) is 44.4 Å². The summed E-state index contributed by atoms with van der Waals surface area (Å²) >= 11 is 0. The molecule has 4 heterocycles. The van der Waals surface area contributed by atoms with E-state index in [1.54, 1.807) is 24.5 Å². The van der Waals surface area contributed by atoms with E-state index in [0.29, 0.717) is 16.9 Å². The lowest BCUT2D eigenvalue weighted by Crippen LogP contribution is -2.22. The third kappa shape index (κ3) is 4.06. The van der Waals surface area contributed by atoms with Crippen molar-refractivity contribution < 1.29 is 18.3 Å². The molecule has 0 radical (unpaired) electrons. The van der Waals surface area contributed by atoms with Crippen molar-refractivity contribution in [3.05, 3.63) is 59.2 Å². The summed E-state index contributed by atoms with van der Waals surface area (Å²) in [5.74, 6) is 0.513. The standard InChI is InChI=1S/C20H16F3N7O/c21-20(22,23)13-4-14-15(9-27-18(14)26-8-13)17-12(5-24)7-28-19(30-17)29-16(10-31)11-2-1-3-25-6-11/h1-4,6-7,9,16,26-27,31H,8,10H2,(H,28,29,30). The molecule has 8 nitrogen and oxygen atoms in total. The lowest BCUT2D eigenvalue weighted by Gasteiger charge is -2.19. The van der Waals surface area contributed by atoms with Gasteiger partial charge in [0.25, 0.3) is 0 Å². The van der Waals surface area contributed by atoms with E-state index < -0.39 is 17.8 Å². The van der Waals surface area contributed by atoms with Crippen LogP contribution in [0.2, 0.25) is 0 Å². The fourth-order valence-corrected chi connectivity index (χ4v) is 3.23. The minimum Gasteiger partial charge on any atom is -0.394 e. The summed E-state index contributed by atoms with van der Waals surface area (Å²) in [5.41, 5.74) is 0.811. The van der Waals surface area contributed by atoms with E-state index in [1.165, 1.54) is 12.4 Å². The van der Waals surface area contributed by atoms with Gasteiger partial charge in [-0.2, -0.15) is 18.4 Å². The number of nitrogens with zero attached hydrogens (tertiary/aromatic N) is 4. The molecule has 11 heteroatoms. The van der Waals surface area contributed by atoms with Crippen LogP contribution in [0.4, 0.5) is 24.9 Å². The molecule has 1 aliphatic heterocycles. The summed E-state index contributed by atoms with van der Waals surface area (Å²) < 4.78 is 39.6. The average Bonchev–Trinajstić information content (AvgIpc) is 3.20. The van der Waals surface area contributed by atoms with Crippen molar-refractivity contribution in [1.29, 1.82) is 5.26 Å². The number of aromatic nitrogens is 4. The molecule has 3 aromatic heterocycles. The Bertz CT molecular complexity index is 1170. The number of hydrogen-bond donors (Lipinski definition) is 4. The van der Waals surface area contributed by atoms with Crippen molar-refractivity contribution in [2.24, 2.45) is 0 Å². The maximum Gasteiger partial charge on any atom is 0.414 e. The lowest BCUT2D eigenvalue weighted by atomic mass is 10.0. The largest absolute Gasteiger partial charge is 0.414 e. The molecular formula is C20H16F3N7O. The van der Waals surface area contributed by atoms with Crippen LogP contribution in [0, 0.1) is 11.3 Å². The monoisotopic (exact) mass is 427 g/mol. The SMILES string of the molecule is N#Cc1cnc(NC(CO)c2cccnc2)nc1-c1c[nH]c2c1C=C(C(F)(F)F)CN2. The van der Waals surface area contributed by atoms with Gasteiger partial charge in [-0.25, -0.2) is 9.97 Å².